The van der Waals surface area contributed by atoms with Gasteiger partial charge in [0.1, 0.15) is 18.7 Å². The van der Waals surface area contributed by atoms with Gasteiger partial charge in [0.15, 0.2) is 0 Å². The number of carbonyl (C=O) groups excluding carboxylic acids is 2. The molecule has 3 atom stereocenters. The van der Waals surface area contributed by atoms with Crippen LogP contribution in [0.4, 0.5) is 11.4 Å². The van der Waals surface area contributed by atoms with Crippen LogP contribution in [0.15, 0.2) is 36.9 Å². The highest BCUT2D eigenvalue weighted by atomic mass is 35.5. The number of anilines is 2. The molecule has 10 heteroatoms. The lowest BCUT2D eigenvalue weighted by molar-refractivity contribution is -0.119. The highest BCUT2D eigenvalue weighted by Gasteiger charge is 2.22. The van der Waals surface area contributed by atoms with E-state index >= 15 is 0 Å². The van der Waals surface area contributed by atoms with Crippen molar-refractivity contribution >= 4 is 48.0 Å². The molecule has 8 nitrogen and oxygen atoms in total. The Kier molecular flexibility index (Phi) is 10.8. The Morgan fingerprint density at radius 1 is 1.17 bits per heavy atom. The van der Waals surface area contributed by atoms with Crippen molar-refractivity contribution in [3.63, 3.8) is 0 Å². The summed E-state index contributed by atoms with van der Waals surface area (Å²) in [7, 11) is 0. The van der Waals surface area contributed by atoms with Gasteiger partial charge in [-0.1, -0.05) is 6.92 Å². The Labute approximate surface area is 189 Å². The normalized spacial score (nSPS) is 17.6. The molecule has 1 aromatic heterocycles. The number of rotatable bonds is 7. The Morgan fingerprint density at radius 2 is 1.83 bits per heavy atom. The molecule has 166 valence electrons. The summed E-state index contributed by atoms with van der Waals surface area (Å²) in [6, 6.07) is 6.67. The van der Waals surface area contributed by atoms with Crippen molar-refractivity contribution in [1.82, 2.24) is 20.1 Å². The smallest absolute Gasteiger partial charge is 0.249 e. The Balaban J connectivity index is 0.00000225. The van der Waals surface area contributed by atoms with E-state index in [4.69, 9.17) is 0 Å². The first-order valence-electron chi connectivity index (χ1n) is 9.78. The molecule has 0 saturated carbocycles. The minimum Gasteiger partial charge on any atom is -0.326 e. The first-order valence-corrected chi connectivity index (χ1v) is 9.78. The zero-order chi connectivity index (χ0) is 19.9. The van der Waals surface area contributed by atoms with E-state index in [9.17, 15) is 9.59 Å². The van der Waals surface area contributed by atoms with Crippen molar-refractivity contribution in [2.24, 2.45) is 11.8 Å². The fraction of sp³-hybridized carbons (Fsp3) is 0.500. The van der Waals surface area contributed by atoms with Crippen LogP contribution < -0.4 is 16.0 Å². The van der Waals surface area contributed by atoms with Gasteiger partial charge in [0.25, 0.3) is 0 Å². The number of hydrogen-bond acceptors (Lipinski definition) is 5. The number of halogens is 2. The summed E-state index contributed by atoms with van der Waals surface area (Å²) in [4.78, 5) is 28.5. The van der Waals surface area contributed by atoms with Gasteiger partial charge >= 0.3 is 0 Å². The van der Waals surface area contributed by atoms with E-state index in [1.165, 1.54) is 30.2 Å². The van der Waals surface area contributed by atoms with E-state index < -0.39 is 6.04 Å². The van der Waals surface area contributed by atoms with E-state index in [0.717, 1.165) is 18.8 Å². The zero-order valence-corrected chi connectivity index (χ0v) is 18.8. The minimum atomic E-state index is -0.461. The predicted molar refractivity (Wildman–Crippen MR) is 122 cm³/mol. The van der Waals surface area contributed by atoms with Crippen molar-refractivity contribution in [3.8, 4) is 0 Å². The third-order valence-electron chi connectivity index (χ3n) is 5.30. The number of amides is 2. The Hall–Kier alpha value is -2.16. The summed E-state index contributed by atoms with van der Waals surface area (Å²) in [5, 5.41) is 13.2. The molecule has 3 unspecified atom stereocenters. The first-order chi connectivity index (χ1) is 13.5. The van der Waals surface area contributed by atoms with Crippen molar-refractivity contribution in [3.05, 3.63) is 36.9 Å². The largest absolute Gasteiger partial charge is 0.326 e. The van der Waals surface area contributed by atoms with Crippen LogP contribution in [0, 0.1) is 11.8 Å². The molecule has 0 aliphatic carbocycles. The van der Waals surface area contributed by atoms with Crippen LogP contribution in [0.2, 0.25) is 0 Å². The fourth-order valence-electron chi connectivity index (χ4n) is 3.46. The number of benzene rings is 1. The van der Waals surface area contributed by atoms with Gasteiger partial charge in [-0.2, -0.15) is 5.10 Å². The number of nitrogens with zero attached hydrogens (tertiary/aromatic N) is 3. The number of hydrogen-bond donors (Lipinski definition) is 3. The quantitative estimate of drug-likeness (QED) is 0.593. The van der Waals surface area contributed by atoms with Crippen LogP contribution in [0.3, 0.4) is 0 Å². The molecule has 0 spiro atoms. The molecule has 3 rings (SSSR count). The number of aromatic nitrogens is 3. The summed E-state index contributed by atoms with van der Waals surface area (Å²) < 4.78 is 1.49. The highest BCUT2D eigenvalue weighted by Crippen LogP contribution is 2.23. The average Bonchev–Trinajstić information content (AvgIpc) is 3.24. The molecule has 2 aromatic rings. The fourth-order valence-corrected chi connectivity index (χ4v) is 3.46. The Morgan fingerprint density at radius 3 is 2.40 bits per heavy atom. The van der Waals surface area contributed by atoms with Crippen LogP contribution >= 0.6 is 24.8 Å². The van der Waals surface area contributed by atoms with E-state index in [0.29, 0.717) is 23.9 Å². The van der Waals surface area contributed by atoms with Crippen LogP contribution in [-0.2, 0) is 9.59 Å². The SMILES string of the molecule is CC(CC(=O)Nc1ccc(NC(=O)C(C)n2cncn2)cc1)C1CCCNC1.Cl.Cl. The number of nitrogens with one attached hydrogen (secondary N) is 3. The number of piperidine rings is 1. The summed E-state index contributed by atoms with van der Waals surface area (Å²) in [5.41, 5.74) is 1.39. The summed E-state index contributed by atoms with van der Waals surface area (Å²) in [6.45, 7) is 5.97. The molecule has 1 aliphatic rings. The van der Waals surface area contributed by atoms with Crippen LogP contribution in [0.25, 0.3) is 0 Å². The minimum absolute atomic E-state index is 0. The molecule has 2 heterocycles. The van der Waals surface area contributed by atoms with Gasteiger partial charge in [-0.25, -0.2) is 9.67 Å². The molecule has 1 aliphatic heterocycles. The van der Waals surface area contributed by atoms with Crippen LogP contribution in [0.5, 0.6) is 0 Å². The predicted octanol–water partition coefficient (Wildman–Crippen LogP) is 3.29. The second-order valence-electron chi connectivity index (χ2n) is 7.45. The van der Waals surface area contributed by atoms with Gasteiger partial charge < -0.3 is 16.0 Å². The van der Waals surface area contributed by atoms with Gasteiger partial charge in [0, 0.05) is 17.8 Å². The molecule has 1 saturated heterocycles. The second-order valence-corrected chi connectivity index (χ2v) is 7.45. The number of carbonyl (C=O) groups is 2. The monoisotopic (exact) mass is 456 g/mol. The molecule has 30 heavy (non-hydrogen) atoms. The van der Waals surface area contributed by atoms with Gasteiger partial charge in [0.05, 0.1) is 0 Å². The van der Waals surface area contributed by atoms with Crippen molar-refractivity contribution < 1.29 is 9.59 Å². The lowest BCUT2D eigenvalue weighted by Crippen LogP contribution is -2.34. The topological polar surface area (TPSA) is 101 Å². The second kappa shape index (κ2) is 12.5. The lowest BCUT2D eigenvalue weighted by atomic mass is 9.85. The highest BCUT2D eigenvalue weighted by molar-refractivity contribution is 5.94. The van der Waals surface area contributed by atoms with E-state index in [1.54, 1.807) is 31.2 Å². The van der Waals surface area contributed by atoms with E-state index in [2.05, 4.69) is 33.0 Å². The molecule has 1 fully saturated rings. The molecule has 3 N–H and O–H groups in total. The van der Waals surface area contributed by atoms with E-state index in [1.807, 2.05) is 0 Å². The third kappa shape index (κ3) is 7.27. The average molecular weight is 457 g/mol. The molecule has 0 bridgehead atoms. The molecule has 2 amide bonds. The van der Waals surface area contributed by atoms with Crippen LogP contribution in [0.1, 0.15) is 39.2 Å². The maximum atomic E-state index is 12.3. The zero-order valence-electron chi connectivity index (χ0n) is 17.2. The van der Waals surface area contributed by atoms with Crippen LogP contribution in [-0.4, -0.2) is 39.7 Å². The molecule has 1 aromatic carbocycles. The maximum absolute atomic E-state index is 12.3. The maximum Gasteiger partial charge on any atom is 0.249 e. The van der Waals surface area contributed by atoms with E-state index in [-0.39, 0.29) is 36.6 Å². The summed E-state index contributed by atoms with van der Waals surface area (Å²) >= 11 is 0. The van der Waals surface area contributed by atoms with Gasteiger partial charge in [-0.3, -0.25) is 9.59 Å². The van der Waals surface area contributed by atoms with Gasteiger partial charge in [-0.05, 0) is 69.0 Å². The molecule has 0 radical (unpaired) electrons. The standard InChI is InChI=1S/C20H28N6O2.2ClH/c1-14(16-4-3-9-21-11-16)10-19(27)24-17-5-7-18(8-6-17)25-20(28)15(2)26-13-22-12-23-26;;/h5-8,12-16,21H,3-4,9-11H2,1-2H3,(H,24,27)(H,25,28);2*1H. The van der Waals surface area contributed by atoms with Gasteiger partial charge in [0.2, 0.25) is 11.8 Å². The molecular weight excluding hydrogens is 427 g/mol. The molecular formula is C20H30Cl2N6O2. The summed E-state index contributed by atoms with van der Waals surface area (Å²) in [6.07, 6.45) is 5.78. The third-order valence-corrected chi connectivity index (χ3v) is 5.30. The first kappa shape index (κ1) is 25.9. The van der Waals surface area contributed by atoms with Crippen molar-refractivity contribution in [1.29, 1.82) is 0 Å². The summed E-state index contributed by atoms with van der Waals surface area (Å²) in [5.74, 6) is 0.751. The lowest BCUT2D eigenvalue weighted by Gasteiger charge is -2.28. The van der Waals surface area contributed by atoms with Crippen molar-refractivity contribution in [2.75, 3.05) is 23.7 Å². The van der Waals surface area contributed by atoms with Crippen molar-refractivity contribution in [2.45, 2.75) is 39.2 Å². The van der Waals surface area contributed by atoms with Gasteiger partial charge in [-0.15, -0.1) is 24.8 Å². The Bertz CT molecular complexity index is 779.